The lowest BCUT2D eigenvalue weighted by molar-refractivity contribution is 0.199. The van der Waals surface area contributed by atoms with E-state index in [2.05, 4.69) is 15.6 Å². The minimum atomic E-state index is -0.232. The molecule has 3 N–H and O–H groups in total. The SMILES string of the molecule is Cc1nc(-c2ccccc2)sc1C(C)NC(=O)NC(C)C(C)CO. The van der Waals surface area contributed by atoms with Crippen LogP contribution in [0.3, 0.4) is 0 Å². The smallest absolute Gasteiger partial charge is 0.315 e. The molecular formula is C18H25N3O2S. The first-order valence-electron chi connectivity index (χ1n) is 8.13. The number of hydrogen-bond acceptors (Lipinski definition) is 4. The highest BCUT2D eigenvalue weighted by atomic mass is 32.1. The number of amides is 2. The summed E-state index contributed by atoms with van der Waals surface area (Å²) in [4.78, 5) is 17.8. The normalized spacial score (nSPS) is 14.7. The molecule has 0 bridgehead atoms. The van der Waals surface area contributed by atoms with E-state index in [0.29, 0.717) is 0 Å². The van der Waals surface area contributed by atoms with Crippen molar-refractivity contribution < 1.29 is 9.90 Å². The summed E-state index contributed by atoms with van der Waals surface area (Å²) in [7, 11) is 0. The van der Waals surface area contributed by atoms with Gasteiger partial charge in [0.2, 0.25) is 0 Å². The number of nitrogens with zero attached hydrogens (tertiary/aromatic N) is 1. The van der Waals surface area contributed by atoms with Crippen LogP contribution in [0.4, 0.5) is 4.79 Å². The van der Waals surface area contributed by atoms with Crippen molar-refractivity contribution >= 4 is 17.4 Å². The summed E-state index contributed by atoms with van der Waals surface area (Å²) in [5.74, 6) is 0.0147. The number of aliphatic hydroxyl groups excluding tert-OH is 1. The van der Waals surface area contributed by atoms with E-state index in [1.165, 1.54) is 0 Å². The highest BCUT2D eigenvalue weighted by Crippen LogP contribution is 2.31. The molecule has 3 unspecified atom stereocenters. The molecule has 0 radical (unpaired) electrons. The predicted octanol–water partition coefficient (Wildman–Crippen LogP) is 3.50. The van der Waals surface area contributed by atoms with Crippen molar-refractivity contribution in [3.8, 4) is 10.6 Å². The van der Waals surface area contributed by atoms with Gasteiger partial charge in [-0.3, -0.25) is 0 Å². The second-order valence-corrected chi connectivity index (χ2v) is 7.15. The van der Waals surface area contributed by atoms with E-state index in [-0.39, 0.29) is 30.6 Å². The highest BCUT2D eigenvalue weighted by Gasteiger charge is 2.19. The Morgan fingerprint density at radius 2 is 1.88 bits per heavy atom. The molecule has 0 saturated carbocycles. The van der Waals surface area contributed by atoms with Gasteiger partial charge in [0.05, 0.1) is 16.6 Å². The predicted molar refractivity (Wildman–Crippen MR) is 98.1 cm³/mol. The molecule has 2 aromatic rings. The summed E-state index contributed by atoms with van der Waals surface area (Å²) in [6.45, 7) is 7.75. The molecule has 0 aliphatic rings. The second kappa shape index (κ2) is 8.26. The van der Waals surface area contributed by atoms with Crippen LogP contribution in [-0.4, -0.2) is 28.8 Å². The van der Waals surface area contributed by atoms with Gasteiger partial charge in [-0.15, -0.1) is 11.3 Å². The summed E-state index contributed by atoms with van der Waals surface area (Å²) in [6.07, 6.45) is 0. The molecule has 5 nitrogen and oxygen atoms in total. The van der Waals surface area contributed by atoms with Gasteiger partial charge in [-0.05, 0) is 26.7 Å². The van der Waals surface area contributed by atoms with Gasteiger partial charge in [-0.2, -0.15) is 0 Å². The molecule has 1 heterocycles. The average Bonchev–Trinajstić information content (AvgIpc) is 2.96. The Morgan fingerprint density at radius 3 is 2.50 bits per heavy atom. The highest BCUT2D eigenvalue weighted by molar-refractivity contribution is 7.15. The summed E-state index contributed by atoms with van der Waals surface area (Å²) >= 11 is 1.60. The Morgan fingerprint density at radius 1 is 1.21 bits per heavy atom. The third-order valence-corrected chi connectivity index (χ3v) is 5.48. The molecule has 0 aliphatic carbocycles. The van der Waals surface area contributed by atoms with Crippen LogP contribution in [0, 0.1) is 12.8 Å². The first kappa shape index (κ1) is 18.4. The molecule has 0 saturated heterocycles. The maximum atomic E-state index is 12.1. The number of aryl methyl sites for hydroxylation is 1. The number of rotatable bonds is 6. The monoisotopic (exact) mass is 347 g/mol. The van der Waals surface area contributed by atoms with Crippen molar-refractivity contribution in [2.24, 2.45) is 5.92 Å². The van der Waals surface area contributed by atoms with Crippen LogP contribution >= 0.6 is 11.3 Å². The van der Waals surface area contributed by atoms with Gasteiger partial charge >= 0.3 is 6.03 Å². The van der Waals surface area contributed by atoms with Gasteiger partial charge < -0.3 is 15.7 Å². The number of nitrogens with one attached hydrogen (secondary N) is 2. The van der Waals surface area contributed by atoms with Crippen LogP contribution in [0.1, 0.15) is 37.4 Å². The Labute approximate surface area is 147 Å². The van der Waals surface area contributed by atoms with Gasteiger partial charge in [0.1, 0.15) is 5.01 Å². The lowest BCUT2D eigenvalue weighted by Gasteiger charge is -2.21. The molecule has 2 amide bonds. The third-order valence-electron chi connectivity index (χ3n) is 4.09. The number of carbonyl (C=O) groups is 1. The number of aliphatic hydroxyl groups is 1. The fourth-order valence-corrected chi connectivity index (χ4v) is 3.40. The summed E-state index contributed by atoms with van der Waals surface area (Å²) in [5.41, 5.74) is 2.02. The van der Waals surface area contributed by atoms with E-state index in [4.69, 9.17) is 5.11 Å². The van der Waals surface area contributed by atoms with E-state index < -0.39 is 0 Å². The third kappa shape index (κ3) is 4.55. The van der Waals surface area contributed by atoms with E-state index in [1.807, 2.05) is 58.0 Å². The first-order valence-corrected chi connectivity index (χ1v) is 8.94. The minimum absolute atomic E-state index is 0.0147. The lowest BCUT2D eigenvalue weighted by atomic mass is 10.1. The van der Waals surface area contributed by atoms with E-state index in [9.17, 15) is 4.79 Å². The number of urea groups is 1. The van der Waals surface area contributed by atoms with E-state index in [1.54, 1.807) is 11.3 Å². The van der Waals surface area contributed by atoms with Crippen molar-refractivity contribution in [2.45, 2.75) is 39.8 Å². The Hall–Kier alpha value is -1.92. The summed E-state index contributed by atoms with van der Waals surface area (Å²) in [6, 6.07) is 9.57. The fraction of sp³-hybridized carbons (Fsp3) is 0.444. The zero-order chi connectivity index (χ0) is 17.7. The molecule has 130 valence electrons. The lowest BCUT2D eigenvalue weighted by Crippen LogP contribution is -2.44. The molecule has 1 aromatic heterocycles. The van der Waals surface area contributed by atoms with Crippen LogP contribution in [-0.2, 0) is 0 Å². The molecule has 0 aliphatic heterocycles. The molecular weight excluding hydrogens is 322 g/mol. The largest absolute Gasteiger partial charge is 0.396 e. The van der Waals surface area contributed by atoms with Crippen molar-refractivity contribution in [2.75, 3.05) is 6.61 Å². The standard InChI is InChI=1S/C18H25N3O2S/c1-11(10-22)12(2)20-18(23)21-14(4)16-13(3)19-17(24-16)15-8-6-5-7-9-15/h5-9,11-12,14,22H,10H2,1-4H3,(H2,20,21,23). The fourth-order valence-electron chi connectivity index (χ4n) is 2.33. The molecule has 0 fully saturated rings. The quantitative estimate of drug-likeness (QED) is 0.749. The number of carbonyl (C=O) groups excluding carboxylic acids is 1. The summed E-state index contributed by atoms with van der Waals surface area (Å²) < 4.78 is 0. The van der Waals surface area contributed by atoms with E-state index >= 15 is 0 Å². The number of aromatic nitrogens is 1. The van der Waals surface area contributed by atoms with Crippen LogP contribution in [0.5, 0.6) is 0 Å². The van der Waals surface area contributed by atoms with Crippen molar-refractivity contribution in [3.05, 3.63) is 40.9 Å². The number of hydrogen-bond donors (Lipinski definition) is 3. The molecule has 3 atom stereocenters. The zero-order valence-corrected chi connectivity index (χ0v) is 15.4. The maximum Gasteiger partial charge on any atom is 0.315 e. The van der Waals surface area contributed by atoms with E-state index in [0.717, 1.165) is 21.1 Å². The molecule has 1 aromatic carbocycles. The van der Waals surface area contributed by atoms with Crippen LogP contribution in [0.2, 0.25) is 0 Å². The van der Waals surface area contributed by atoms with Crippen LogP contribution < -0.4 is 10.6 Å². The number of thiazole rings is 1. The molecule has 0 spiro atoms. The Bertz CT molecular complexity index is 672. The summed E-state index contributed by atoms with van der Waals surface area (Å²) in [5, 5.41) is 15.9. The maximum absolute atomic E-state index is 12.1. The second-order valence-electron chi connectivity index (χ2n) is 6.12. The molecule has 6 heteroatoms. The molecule has 24 heavy (non-hydrogen) atoms. The van der Waals surface area contributed by atoms with Gasteiger partial charge in [0, 0.05) is 18.2 Å². The van der Waals surface area contributed by atoms with Crippen molar-refractivity contribution in [1.29, 1.82) is 0 Å². The topological polar surface area (TPSA) is 74.2 Å². The van der Waals surface area contributed by atoms with Crippen molar-refractivity contribution in [1.82, 2.24) is 15.6 Å². The Balaban J connectivity index is 2.04. The van der Waals surface area contributed by atoms with Crippen molar-refractivity contribution in [3.63, 3.8) is 0 Å². The van der Waals surface area contributed by atoms with Gasteiger partial charge in [-0.1, -0.05) is 37.3 Å². The van der Waals surface area contributed by atoms with Crippen LogP contribution in [0.15, 0.2) is 30.3 Å². The first-order chi connectivity index (χ1) is 11.4. The molecule has 2 rings (SSSR count). The van der Waals surface area contributed by atoms with Crippen LogP contribution in [0.25, 0.3) is 10.6 Å². The van der Waals surface area contributed by atoms with Gasteiger partial charge in [0.15, 0.2) is 0 Å². The number of benzene rings is 1. The van der Waals surface area contributed by atoms with Gasteiger partial charge in [0.25, 0.3) is 0 Å². The zero-order valence-electron chi connectivity index (χ0n) is 14.5. The minimum Gasteiger partial charge on any atom is -0.396 e. The average molecular weight is 347 g/mol. The Kier molecular flexibility index (Phi) is 6.34. The van der Waals surface area contributed by atoms with Gasteiger partial charge in [-0.25, -0.2) is 9.78 Å².